The van der Waals surface area contributed by atoms with Crippen molar-refractivity contribution in [3.05, 3.63) is 57.4 Å². The Hall–Kier alpha value is -2.84. The fourth-order valence-electron chi connectivity index (χ4n) is 1.71. The maximum Gasteiger partial charge on any atom is 0.285 e. The Morgan fingerprint density at radius 3 is 2.67 bits per heavy atom. The molecule has 1 aromatic carbocycles. The number of carbonyl (C=O) groups excluding carboxylic acids is 1. The van der Waals surface area contributed by atoms with Crippen LogP contribution in [0.1, 0.15) is 15.9 Å². The molecule has 1 amide bonds. The zero-order valence-corrected chi connectivity index (χ0v) is 10.8. The first-order chi connectivity index (χ1) is 9.88. The second kappa shape index (κ2) is 5.65. The number of hydrogen-bond acceptors (Lipinski definition) is 4. The number of carbonyl (C=O) groups is 1. The van der Waals surface area contributed by atoms with E-state index in [1.54, 1.807) is 13.2 Å². The van der Waals surface area contributed by atoms with Gasteiger partial charge in [0.2, 0.25) is 0 Å². The van der Waals surface area contributed by atoms with Gasteiger partial charge in [-0.3, -0.25) is 19.6 Å². The number of aromatic nitrogens is 2. The second-order valence-corrected chi connectivity index (χ2v) is 4.25. The van der Waals surface area contributed by atoms with E-state index >= 15 is 0 Å². The van der Waals surface area contributed by atoms with Crippen molar-refractivity contribution in [2.75, 3.05) is 0 Å². The van der Waals surface area contributed by atoms with Gasteiger partial charge in [-0.05, 0) is 6.07 Å². The van der Waals surface area contributed by atoms with E-state index in [4.69, 9.17) is 0 Å². The number of hydrogen-bond donors (Lipinski definition) is 1. The Morgan fingerprint density at radius 2 is 2.10 bits per heavy atom. The first kappa shape index (κ1) is 14.6. The van der Waals surface area contributed by atoms with Crippen molar-refractivity contribution < 1.29 is 18.5 Å². The van der Waals surface area contributed by atoms with Crippen LogP contribution in [-0.4, -0.2) is 20.6 Å². The van der Waals surface area contributed by atoms with Gasteiger partial charge in [-0.2, -0.15) is 5.10 Å². The average Bonchev–Trinajstić information content (AvgIpc) is 2.84. The van der Waals surface area contributed by atoms with Crippen molar-refractivity contribution in [3.8, 4) is 0 Å². The van der Waals surface area contributed by atoms with E-state index < -0.39 is 33.7 Å². The highest BCUT2D eigenvalue weighted by Crippen LogP contribution is 2.22. The van der Waals surface area contributed by atoms with Gasteiger partial charge in [-0.25, -0.2) is 8.78 Å². The van der Waals surface area contributed by atoms with E-state index in [2.05, 4.69) is 10.4 Å². The van der Waals surface area contributed by atoms with Crippen molar-refractivity contribution in [2.24, 2.45) is 7.05 Å². The maximum absolute atomic E-state index is 13.2. The van der Waals surface area contributed by atoms with E-state index in [1.807, 2.05) is 0 Å². The number of rotatable bonds is 4. The van der Waals surface area contributed by atoms with Crippen LogP contribution in [0.5, 0.6) is 0 Å². The van der Waals surface area contributed by atoms with Crippen molar-refractivity contribution in [3.63, 3.8) is 0 Å². The summed E-state index contributed by atoms with van der Waals surface area (Å²) in [5, 5.41) is 17.1. The molecule has 0 bridgehead atoms. The van der Waals surface area contributed by atoms with Gasteiger partial charge in [-0.1, -0.05) is 0 Å². The molecule has 0 aliphatic carbocycles. The molecular formula is C12H10F2N4O3. The SMILES string of the molecule is Cn1cc(CNC(=O)c2cc(F)c(F)cc2[N+](=O)[O-])cn1. The van der Waals surface area contributed by atoms with Gasteiger partial charge in [0, 0.05) is 25.4 Å². The molecule has 1 heterocycles. The molecule has 0 spiro atoms. The number of benzene rings is 1. The minimum atomic E-state index is -1.38. The molecule has 110 valence electrons. The third kappa shape index (κ3) is 3.19. The number of amides is 1. The van der Waals surface area contributed by atoms with Gasteiger partial charge in [-0.15, -0.1) is 0 Å². The number of nitro benzene ring substituents is 1. The molecular weight excluding hydrogens is 286 g/mol. The third-order valence-corrected chi connectivity index (χ3v) is 2.69. The van der Waals surface area contributed by atoms with Crippen LogP contribution in [0.25, 0.3) is 0 Å². The molecule has 2 aromatic rings. The molecule has 0 saturated carbocycles. The second-order valence-electron chi connectivity index (χ2n) is 4.25. The Morgan fingerprint density at radius 1 is 1.43 bits per heavy atom. The highest BCUT2D eigenvalue weighted by molar-refractivity contribution is 5.98. The van der Waals surface area contributed by atoms with E-state index in [1.165, 1.54) is 10.9 Å². The normalized spacial score (nSPS) is 10.4. The van der Waals surface area contributed by atoms with Crippen LogP contribution in [0.4, 0.5) is 14.5 Å². The average molecular weight is 296 g/mol. The Balaban J connectivity index is 2.22. The Bertz CT molecular complexity index is 715. The largest absolute Gasteiger partial charge is 0.348 e. The molecule has 7 nitrogen and oxygen atoms in total. The smallest absolute Gasteiger partial charge is 0.285 e. The minimum Gasteiger partial charge on any atom is -0.348 e. The Labute approximate surface area is 117 Å². The molecule has 0 aliphatic rings. The first-order valence-corrected chi connectivity index (χ1v) is 5.77. The fourth-order valence-corrected chi connectivity index (χ4v) is 1.71. The molecule has 0 fully saturated rings. The highest BCUT2D eigenvalue weighted by Gasteiger charge is 2.23. The van der Waals surface area contributed by atoms with Gasteiger partial charge in [0.15, 0.2) is 11.6 Å². The predicted octanol–water partition coefficient (Wildman–Crippen LogP) is 1.54. The lowest BCUT2D eigenvalue weighted by Crippen LogP contribution is -2.24. The fraction of sp³-hybridized carbons (Fsp3) is 0.167. The van der Waals surface area contributed by atoms with Crippen molar-refractivity contribution >= 4 is 11.6 Å². The van der Waals surface area contributed by atoms with Crippen LogP contribution in [0.2, 0.25) is 0 Å². The van der Waals surface area contributed by atoms with Gasteiger partial charge in [0.1, 0.15) is 5.56 Å². The molecule has 1 aromatic heterocycles. The maximum atomic E-state index is 13.2. The van der Waals surface area contributed by atoms with Gasteiger partial charge in [0.05, 0.1) is 17.2 Å². The number of halogens is 2. The summed E-state index contributed by atoms with van der Waals surface area (Å²) < 4.78 is 27.7. The highest BCUT2D eigenvalue weighted by atomic mass is 19.2. The number of nitrogens with one attached hydrogen (secondary N) is 1. The monoisotopic (exact) mass is 296 g/mol. The third-order valence-electron chi connectivity index (χ3n) is 2.69. The zero-order chi connectivity index (χ0) is 15.6. The lowest BCUT2D eigenvalue weighted by molar-refractivity contribution is -0.385. The van der Waals surface area contributed by atoms with E-state index in [0.717, 1.165) is 0 Å². The zero-order valence-electron chi connectivity index (χ0n) is 10.8. The summed E-state index contributed by atoms with van der Waals surface area (Å²) in [7, 11) is 1.69. The summed E-state index contributed by atoms with van der Waals surface area (Å²) in [6.07, 6.45) is 3.14. The van der Waals surface area contributed by atoms with E-state index in [-0.39, 0.29) is 6.54 Å². The van der Waals surface area contributed by atoms with Crippen LogP contribution < -0.4 is 5.32 Å². The quantitative estimate of drug-likeness (QED) is 0.684. The first-order valence-electron chi connectivity index (χ1n) is 5.77. The molecule has 21 heavy (non-hydrogen) atoms. The number of aryl methyl sites for hydroxylation is 1. The van der Waals surface area contributed by atoms with Crippen molar-refractivity contribution in [1.29, 1.82) is 0 Å². The lowest BCUT2D eigenvalue weighted by atomic mass is 10.1. The molecule has 1 N–H and O–H groups in total. The van der Waals surface area contributed by atoms with Crippen LogP contribution >= 0.6 is 0 Å². The van der Waals surface area contributed by atoms with Crippen LogP contribution in [-0.2, 0) is 13.6 Å². The van der Waals surface area contributed by atoms with Crippen molar-refractivity contribution in [1.82, 2.24) is 15.1 Å². The molecule has 0 unspecified atom stereocenters. The Kier molecular flexibility index (Phi) is 3.92. The minimum absolute atomic E-state index is 0.0584. The molecule has 0 radical (unpaired) electrons. The predicted molar refractivity (Wildman–Crippen MR) is 67.4 cm³/mol. The van der Waals surface area contributed by atoms with Crippen molar-refractivity contribution in [2.45, 2.75) is 6.54 Å². The van der Waals surface area contributed by atoms with Crippen LogP contribution in [0.15, 0.2) is 24.5 Å². The molecule has 9 heteroatoms. The van der Waals surface area contributed by atoms with Gasteiger partial charge >= 0.3 is 0 Å². The van der Waals surface area contributed by atoms with E-state index in [9.17, 15) is 23.7 Å². The lowest BCUT2D eigenvalue weighted by Gasteiger charge is -2.05. The molecule has 0 saturated heterocycles. The summed E-state index contributed by atoms with van der Waals surface area (Å²) >= 11 is 0. The number of nitrogens with zero attached hydrogens (tertiary/aromatic N) is 3. The summed E-state index contributed by atoms with van der Waals surface area (Å²) in [4.78, 5) is 21.7. The summed E-state index contributed by atoms with van der Waals surface area (Å²) in [6, 6.07) is 0.889. The van der Waals surface area contributed by atoms with Crippen LogP contribution in [0.3, 0.4) is 0 Å². The van der Waals surface area contributed by atoms with E-state index in [0.29, 0.717) is 17.7 Å². The van der Waals surface area contributed by atoms with Crippen LogP contribution in [0, 0.1) is 21.7 Å². The topological polar surface area (TPSA) is 90.1 Å². The molecule has 0 aliphatic heterocycles. The summed E-state index contributed by atoms with van der Waals surface area (Å²) in [5.41, 5.74) is -0.670. The standard InChI is InChI=1S/C12H10F2N4O3/c1-17-6-7(5-16-17)4-15-12(19)8-2-9(13)10(14)3-11(8)18(20)21/h2-3,5-6H,4H2,1H3,(H,15,19). The molecule has 2 rings (SSSR count). The van der Waals surface area contributed by atoms with Gasteiger partial charge < -0.3 is 5.32 Å². The summed E-state index contributed by atoms with van der Waals surface area (Å²) in [5.74, 6) is -3.58. The van der Waals surface area contributed by atoms with Gasteiger partial charge in [0.25, 0.3) is 11.6 Å². The molecule has 0 atom stereocenters. The number of nitro groups is 1. The summed E-state index contributed by atoms with van der Waals surface area (Å²) in [6.45, 7) is 0.0584.